The van der Waals surface area contributed by atoms with Gasteiger partial charge in [-0.25, -0.2) is 9.97 Å². The Bertz CT molecular complexity index is 906. The van der Waals surface area contributed by atoms with Crippen LogP contribution < -0.4 is 10.6 Å². The molecule has 1 aromatic carbocycles. The zero-order valence-corrected chi connectivity index (χ0v) is 14.5. The number of anilines is 2. The minimum Gasteiger partial charge on any atom is -0.383 e. The normalized spacial score (nSPS) is 14.2. The van der Waals surface area contributed by atoms with Gasteiger partial charge in [0.15, 0.2) is 0 Å². The molecule has 1 amide bonds. The SMILES string of the molecule is CCCS(=O)c1nc(N)c2c(n1)N(Cc1cccc(C#N)c1)C(=O)C2. The molecule has 2 aromatic rings. The first-order valence-electron chi connectivity index (χ1n) is 7.87. The molecule has 0 spiro atoms. The van der Waals surface area contributed by atoms with Crippen LogP contribution in [0.3, 0.4) is 0 Å². The number of aromatic nitrogens is 2. The number of rotatable bonds is 5. The molecule has 2 N–H and O–H groups in total. The van der Waals surface area contributed by atoms with Crippen molar-refractivity contribution in [3.8, 4) is 6.07 Å². The van der Waals surface area contributed by atoms with Crippen LogP contribution in [0, 0.1) is 11.3 Å². The first-order chi connectivity index (χ1) is 12.0. The molecule has 0 fully saturated rings. The van der Waals surface area contributed by atoms with Gasteiger partial charge in [-0.15, -0.1) is 0 Å². The lowest BCUT2D eigenvalue weighted by atomic mass is 10.1. The summed E-state index contributed by atoms with van der Waals surface area (Å²) in [4.78, 5) is 22.4. The monoisotopic (exact) mass is 355 g/mol. The van der Waals surface area contributed by atoms with Crippen LogP contribution in [0.25, 0.3) is 0 Å². The average Bonchev–Trinajstić information content (AvgIpc) is 2.92. The standard InChI is InChI=1S/C17H17N5O2S/c1-2-6-25(24)17-20-15(19)13-8-14(23)22(16(13)21-17)10-12-5-3-4-11(7-12)9-18/h3-5,7H,2,6,8,10H2,1H3,(H2,19,20,21). The molecule has 1 unspecified atom stereocenters. The van der Waals surface area contributed by atoms with Crippen molar-refractivity contribution in [3.63, 3.8) is 0 Å². The van der Waals surface area contributed by atoms with E-state index in [9.17, 15) is 9.00 Å². The second-order valence-electron chi connectivity index (χ2n) is 5.71. The highest BCUT2D eigenvalue weighted by Crippen LogP contribution is 2.32. The fourth-order valence-corrected chi connectivity index (χ4v) is 3.63. The minimum atomic E-state index is -1.35. The third-order valence-corrected chi connectivity index (χ3v) is 5.24. The predicted octanol–water partition coefficient (Wildman–Crippen LogP) is 1.54. The van der Waals surface area contributed by atoms with Gasteiger partial charge in [-0.3, -0.25) is 13.9 Å². The molecule has 1 atom stereocenters. The lowest BCUT2D eigenvalue weighted by Gasteiger charge is -2.17. The van der Waals surface area contributed by atoms with Gasteiger partial charge in [0.2, 0.25) is 11.1 Å². The van der Waals surface area contributed by atoms with Crippen LogP contribution in [0.4, 0.5) is 11.6 Å². The van der Waals surface area contributed by atoms with Crippen LogP contribution >= 0.6 is 0 Å². The third-order valence-electron chi connectivity index (χ3n) is 3.87. The molecule has 0 radical (unpaired) electrons. The summed E-state index contributed by atoms with van der Waals surface area (Å²) in [5.41, 5.74) is 7.87. The van der Waals surface area contributed by atoms with Crippen molar-refractivity contribution in [2.45, 2.75) is 31.5 Å². The Hall–Kier alpha value is -2.79. The Morgan fingerprint density at radius 3 is 2.92 bits per heavy atom. The van der Waals surface area contributed by atoms with E-state index in [4.69, 9.17) is 11.0 Å². The number of carbonyl (C=O) groups excluding carboxylic acids is 1. The molecule has 25 heavy (non-hydrogen) atoms. The molecule has 1 aliphatic rings. The van der Waals surface area contributed by atoms with Gasteiger partial charge < -0.3 is 5.73 Å². The van der Waals surface area contributed by atoms with Gasteiger partial charge in [-0.05, 0) is 24.1 Å². The van der Waals surface area contributed by atoms with E-state index in [0.29, 0.717) is 22.7 Å². The van der Waals surface area contributed by atoms with E-state index in [1.54, 1.807) is 18.2 Å². The van der Waals surface area contributed by atoms with Gasteiger partial charge in [0.1, 0.15) is 11.6 Å². The Labute approximate surface area is 148 Å². The Kier molecular flexibility index (Phi) is 4.76. The van der Waals surface area contributed by atoms with Crippen LogP contribution in [0.15, 0.2) is 29.4 Å². The number of benzene rings is 1. The van der Waals surface area contributed by atoms with Crippen LogP contribution in [-0.2, 0) is 28.6 Å². The highest BCUT2D eigenvalue weighted by Gasteiger charge is 2.32. The number of fused-ring (bicyclic) bond motifs is 1. The Balaban J connectivity index is 1.97. The van der Waals surface area contributed by atoms with E-state index in [1.807, 2.05) is 13.0 Å². The molecule has 1 aromatic heterocycles. The second-order valence-corrected chi connectivity index (χ2v) is 7.18. The van der Waals surface area contributed by atoms with Gasteiger partial charge >= 0.3 is 0 Å². The molecular weight excluding hydrogens is 338 g/mol. The summed E-state index contributed by atoms with van der Waals surface area (Å²) in [5.74, 6) is 0.915. The fourth-order valence-electron chi connectivity index (χ4n) is 2.69. The lowest BCUT2D eigenvalue weighted by molar-refractivity contribution is -0.117. The van der Waals surface area contributed by atoms with E-state index in [0.717, 1.165) is 12.0 Å². The fraction of sp³-hybridized carbons (Fsp3) is 0.294. The third kappa shape index (κ3) is 3.37. The molecule has 0 saturated carbocycles. The molecule has 7 nitrogen and oxygen atoms in total. The Morgan fingerprint density at radius 1 is 1.40 bits per heavy atom. The zero-order valence-electron chi connectivity index (χ0n) is 13.7. The largest absolute Gasteiger partial charge is 0.383 e. The second kappa shape index (κ2) is 6.99. The maximum Gasteiger partial charge on any atom is 0.233 e. The highest BCUT2D eigenvalue weighted by atomic mass is 32.2. The van der Waals surface area contributed by atoms with Crippen molar-refractivity contribution in [3.05, 3.63) is 41.0 Å². The van der Waals surface area contributed by atoms with Gasteiger partial charge in [0.25, 0.3) is 0 Å². The van der Waals surface area contributed by atoms with Crippen LogP contribution in [0.2, 0.25) is 0 Å². The summed E-state index contributed by atoms with van der Waals surface area (Å²) in [6.45, 7) is 2.20. The van der Waals surface area contributed by atoms with Crippen LogP contribution in [0.5, 0.6) is 0 Å². The zero-order chi connectivity index (χ0) is 18.0. The van der Waals surface area contributed by atoms with E-state index < -0.39 is 10.8 Å². The number of nitrogens with two attached hydrogens (primary N) is 1. The number of carbonyl (C=O) groups is 1. The molecule has 1 aliphatic heterocycles. The number of amides is 1. The molecule has 0 bridgehead atoms. The van der Waals surface area contributed by atoms with Crippen molar-refractivity contribution in [1.29, 1.82) is 5.26 Å². The summed E-state index contributed by atoms with van der Waals surface area (Å²) in [5, 5.41) is 9.17. The number of nitriles is 1. The molecule has 2 heterocycles. The van der Waals surface area contributed by atoms with Gasteiger partial charge in [-0.2, -0.15) is 5.26 Å². The van der Waals surface area contributed by atoms with Crippen molar-refractivity contribution in [2.75, 3.05) is 16.4 Å². The molecular formula is C17H17N5O2S. The average molecular weight is 355 g/mol. The number of hydrogen-bond donors (Lipinski definition) is 1. The van der Waals surface area contributed by atoms with Crippen molar-refractivity contribution < 1.29 is 9.00 Å². The minimum absolute atomic E-state index is 0.125. The summed E-state index contributed by atoms with van der Waals surface area (Å²) >= 11 is 0. The van der Waals surface area contributed by atoms with E-state index in [1.165, 1.54) is 4.90 Å². The van der Waals surface area contributed by atoms with Gasteiger partial charge in [-0.1, -0.05) is 19.1 Å². The van der Waals surface area contributed by atoms with E-state index in [-0.39, 0.29) is 29.8 Å². The summed E-state index contributed by atoms with van der Waals surface area (Å²) in [6.07, 6.45) is 0.857. The number of nitrogen functional groups attached to an aromatic ring is 1. The van der Waals surface area contributed by atoms with Gasteiger partial charge in [0.05, 0.1) is 35.4 Å². The first kappa shape index (κ1) is 17.0. The molecule has 3 rings (SSSR count). The van der Waals surface area contributed by atoms with E-state index >= 15 is 0 Å². The topological polar surface area (TPSA) is 113 Å². The van der Waals surface area contributed by atoms with Crippen molar-refractivity contribution in [2.24, 2.45) is 0 Å². The van der Waals surface area contributed by atoms with Crippen molar-refractivity contribution in [1.82, 2.24) is 9.97 Å². The predicted molar refractivity (Wildman–Crippen MR) is 94.1 cm³/mol. The highest BCUT2D eigenvalue weighted by molar-refractivity contribution is 7.84. The van der Waals surface area contributed by atoms with Crippen LogP contribution in [0.1, 0.15) is 30.0 Å². The molecule has 0 aliphatic carbocycles. The van der Waals surface area contributed by atoms with E-state index in [2.05, 4.69) is 16.0 Å². The number of hydrogen-bond acceptors (Lipinski definition) is 6. The van der Waals surface area contributed by atoms with Gasteiger partial charge in [0, 0.05) is 11.3 Å². The van der Waals surface area contributed by atoms with Crippen molar-refractivity contribution >= 4 is 28.3 Å². The summed E-state index contributed by atoms with van der Waals surface area (Å²) in [6, 6.07) is 9.12. The first-order valence-corrected chi connectivity index (χ1v) is 9.19. The number of nitrogens with zero attached hydrogens (tertiary/aromatic N) is 4. The maximum atomic E-state index is 12.4. The molecule has 0 saturated heterocycles. The lowest BCUT2D eigenvalue weighted by Crippen LogP contribution is -2.27. The molecule has 8 heteroatoms. The maximum absolute atomic E-state index is 12.4. The summed E-state index contributed by atoms with van der Waals surface area (Å²) < 4.78 is 12.2. The van der Waals surface area contributed by atoms with Crippen LogP contribution in [-0.4, -0.2) is 25.8 Å². The quantitative estimate of drug-likeness (QED) is 0.814. The molecule has 128 valence electrons. The smallest absolute Gasteiger partial charge is 0.233 e. The Morgan fingerprint density at radius 2 is 2.20 bits per heavy atom. The summed E-state index contributed by atoms with van der Waals surface area (Å²) in [7, 11) is -1.35.